The van der Waals surface area contributed by atoms with Crippen LogP contribution in [0.3, 0.4) is 0 Å². The van der Waals surface area contributed by atoms with Gasteiger partial charge in [-0.15, -0.1) is 11.8 Å². The summed E-state index contributed by atoms with van der Waals surface area (Å²) >= 11 is 5.29. The van der Waals surface area contributed by atoms with Gasteiger partial charge >= 0.3 is 0 Å². The molecule has 0 unspecified atom stereocenters. The Kier molecular flexibility index (Phi) is 7.93. The zero-order valence-electron chi connectivity index (χ0n) is 10.3. The fourth-order valence-corrected chi connectivity index (χ4v) is 2.90. The van der Waals surface area contributed by atoms with Crippen molar-refractivity contribution in [2.45, 2.75) is 31.5 Å². The first-order chi connectivity index (χ1) is 8.26. The molecular weight excluding hydrogens is 300 g/mol. The SMILES string of the molecule is CCOC(CCSc1cccc(Br)c1)OCC. The second-order valence-electron chi connectivity index (χ2n) is 3.43. The summed E-state index contributed by atoms with van der Waals surface area (Å²) in [5, 5.41) is 0. The number of thioether (sulfide) groups is 1. The first-order valence-corrected chi connectivity index (χ1v) is 7.65. The first-order valence-electron chi connectivity index (χ1n) is 5.87. The highest BCUT2D eigenvalue weighted by atomic mass is 79.9. The molecule has 2 nitrogen and oxygen atoms in total. The fraction of sp³-hybridized carbons (Fsp3) is 0.538. The van der Waals surface area contributed by atoms with E-state index in [1.807, 2.05) is 31.7 Å². The van der Waals surface area contributed by atoms with Crippen molar-refractivity contribution < 1.29 is 9.47 Å². The van der Waals surface area contributed by atoms with Crippen LogP contribution in [0.5, 0.6) is 0 Å². The zero-order chi connectivity index (χ0) is 12.5. The average Bonchev–Trinajstić information content (AvgIpc) is 2.30. The number of rotatable bonds is 8. The van der Waals surface area contributed by atoms with Crippen LogP contribution in [0.4, 0.5) is 0 Å². The monoisotopic (exact) mass is 318 g/mol. The van der Waals surface area contributed by atoms with Gasteiger partial charge in [0, 0.05) is 34.8 Å². The molecule has 96 valence electrons. The Balaban J connectivity index is 2.30. The van der Waals surface area contributed by atoms with Gasteiger partial charge in [-0.05, 0) is 32.0 Å². The highest BCUT2D eigenvalue weighted by Crippen LogP contribution is 2.23. The Labute approximate surface area is 116 Å². The van der Waals surface area contributed by atoms with Crippen molar-refractivity contribution in [2.24, 2.45) is 0 Å². The number of hydrogen-bond donors (Lipinski definition) is 0. The molecule has 0 N–H and O–H groups in total. The van der Waals surface area contributed by atoms with Crippen molar-refractivity contribution in [3.05, 3.63) is 28.7 Å². The van der Waals surface area contributed by atoms with Gasteiger partial charge in [-0.1, -0.05) is 22.0 Å². The van der Waals surface area contributed by atoms with E-state index in [0.717, 1.165) is 16.6 Å². The maximum atomic E-state index is 5.50. The van der Waals surface area contributed by atoms with Crippen LogP contribution in [0.25, 0.3) is 0 Å². The van der Waals surface area contributed by atoms with E-state index in [9.17, 15) is 0 Å². The van der Waals surface area contributed by atoms with Gasteiger partial charge in [0.25, 0.3) is 0 Å². The molecule has 0 amide bonds. The summed E-state index contributed by atoms with van der Waals surface area (Å²) in [6, 6.07) is 8.33. The van der Waals surface area contributed by atoms with Gasteiger partial charge in [-0.25, -0.2) is 0 Å². The third-order valence-electron chi connectivity index (χ3n) is 2.12. The smallest absolute Gasteiger partial charge is 0.158 e. The topological polar surface area (TPSA) is 18.5 Å². The normalized spacial score (nSPS) is 11.1. The van der Waals surface area contributed by atoms with Crippen molar-refractivity contribution in [3.8, 4) is 0 Å². The summed E-state index contributed by atoms with van der Waals surface area (Å²) in [6.07, 6.45) is 0.850. The van der Waals surface area contributed by atoms with Crippen molar-refractivity contribution in [2.75, 3.05) is 19.0 Å². The maximum absolute atomic E-state index is 5.50. The third-order valence-corrected chi connectivity index (χ3v) is 3.64. The predicted molar refractivity (Wildman–Crippen MR) is 76.5 cm³/mol. The van der Waals surface area contributed by atoms with Crippen molar-refractivity contribution in [1.82, 2.24) is 0 Å². The lowest BCUT2D eigenvalue weighted by Gasteiger charge is -2.16. The van der Waals surface area contributed by atoms with E-state index in [-0.39, 0.29) is 6.29 Å². The van der Waals surface area contributed by atoms with Crippen molar-refractivity contribution in [1.29, 1.82) is 0 Å². The van der Waals surface area contributed by atoms with Crippen LogP contribution >= 0.6 is 27.7 Å². The number of halogens is 1. The molecule has 1 aromatic carbocycles. The summed E-state index contributed by atoms with van der Waals surface area (Å²) in [5.74, 6) is 1.00. The van der Waals surface area contributed by atoms with Crippen LogP contribution in [0, 0.1) is 0 Å². The molecule has 4 heteroatoms. The highest BCUT2D eigenvalue weighted by molar-refractivity contribution is 9.10. The Hall–Kier alpha value is -0.0300. The second kappa shape index (κ2) is 8.97. The summed E-state index contributed by atoms with van der Waals surface area (Å²) in [7, 11) is 0. The van der Waals surface area contributed by atoms with E-state index in [1.165, 1.54) is 4.90 Å². The quantitative estimate of drug-likeness (QED) is 0.525. The largest absolute Gasteiger partial charge is 0.353 e. The van der Waals surface area contributed by atoms with Crippen LogP contribution in [-0.2, 0) is 9.47 Å². The van der Waals surface area contributed by atoms with Crippen LogP contribution in [-0.4, -0.2) is 25.3 Å². The lowest BCUT2D eigenvalue weighted by Crippen LogP contribution is -2.18. The van der Waals surface area contributed by atoms with Crippen LogP contribution in [0.1, 0.15) is 20.3 Å². The lowest BCUT2D eigenvalue weighted by molar-refractivity contribution is -0.136. The van der Waals surface area contributed by atoms with E-state index >= 15 is 0 Å². The Morgan fingerprint density at radius 3 is 2.53 bits per heavy atom. The van der Waals surface area contributed by atoms with Gasteiger partial charge in [0.05, 0.1) is 0 Å². The summed E-state index contributed by atoms with van der Waals surface area (Å²) in [4.78, 5) is 1.27. The molecule has 0 bridgehead atoms. The first kappa shape index (κ1) is 15.0. The molecular formula is C13H19BrO2S. The summed E-state index contributed by atoms with van der Waals surface area (Å²) in [6.45, 7) is 5.39. The highest BCUT2D eigenvalue weighted by Gasteiger charge is 2.07. The Morgan fingerprint density at radius 2 is 1.94 bits per heavy atom. The molecule has 0 atom stereocenters. The van der Waals surface area contributed by atoms with E-state index in [4.69, 9.17) is 9.47 Å². The summed E-state index contributed by atoms with van der Waals surface area (Å²) < 4.78 is 12.1. The molecule has 0 aromatic heterocycles. The minimum absolute atomic E-state index is 0.0651. The van der Waals surface area contributed by atoms with Crippen molar-refractivity contribution in [3.63, 3.8) is 0 Å². The number of ether oxygens (including phenoxy) is 2. The molecule has 0 spiro atoms. The van der Waals surface area contributed by atoms with Gasteiger partial charge in [-0.2, -0.15) is 0 Å². The van der Waals surface area contributed by atoms with Gasteiger partial charge in [0.2, 0.25) is 0 Å². The maximum Gasteiger partial charge on any atom is 0.158 e. The molecule has 17 heavy (non-hydrogen) atoms. The van der Waals surface area contributed by atoms with Gasteiger partial charge < -0.3 is 9.47 Å². The van der Waals surface area contributed by atoms with E-state index < -0.39 is 0 Å². The van der Waals surface area contributed by atoms with Crippen LogP contribution in [0.2, 0.25) is 0 Å². The van der Waals surface area contributed by atoms with Crippen molar-refractivity contribution >= 4 is 27.7 Å². The predicted octanol–water partition coefficient (Wildman–Crippen LogP) is 4.33. The molecule has 0 saturated heterocycles. The van der Waals surface area contributed by atoms with Gasteiger partial charge in [-0.3, -0.25) is 0 Å². The average molecular weight is 319 g/mol. The number of hydrogen-bond acceptors (Lipinski definition) is 3. The zero-order valence-corrected chi connectivity index (χ0v) is 12.7. The van der Waals surface area contributed by atoms with E-state index in [0.29, 0.717) is 13.2 Å². The molecule has 1 aromatic rings. The lowest BCUT2D eigenvalue weighted by atomic mass is 10.4. The van der Waals surface area contributed by atoms with E-state index in [1.54, 1.807) is 0 Å². The molecule has 0 radical (unpaired) electrons. The summed E-state index contributed by atoms with van der Waals surface area (Å²) in [5.41, 5.74) is 0. The molecule has 0 aliphatic carbocycles. The van der Waals surface area contributed by atoms with Crippen LogP contribution < -0.4 is 0 Å². The second-order valence-corrected chi connectivity index (χ2v) is 5.52. The number of benzene rings is 1. The van der Waals surface area contributed by atoms with E-state index in [2.05, 4.69) is 34.1 Å². The molecule has 0 heterocycles. The molecule has 1 rings (SSSR count). The fourth-order valence-electron chi connectivity index (χ4n) is 1.42. The van der Waals surface area contributed by atoms with Crippen LogP contribution in [0.15, 0.2) is 33.6 Å². The molecule has 0 fully saturated rings. The van der Waals surface area contributed by atoms with Gasteiger partial charge in [0.15, 0.2) is 6.29 Å². The Morgan fingerprint density at radius 1 is 1.24 bits per heavy atom. The molecule has 0 aliphatic heterocycles. The minimum Gasteiger partial charge on any atom is -0.353 e. The minimum atomic E-state index is -0.0651. The molecule has 0 aliphatic rings. The Bertz CT molecular complexity index is 314. The third kappa shape index (κ3) is 6.46. The standard InChI is InChI=1S/C13H19BrO2S/c1-3-15-13(16-4-2)8-9-17-12-7-5-6-11(14)10-12/h5-7,10,13H,3-4,8-9H2,1-2H3. The molecule has 0 saturated carbocycles. The van der Waals surface area contributed by atoms with Gasteiger partial charge in [0.1, 0.15) is 0 Å².